The van der Waals surface area contributed by atoms with Crippen LogP contribution in [0.25, 0.3) is 0 Å². The summed E-state index contributed by atoms with van der Waals surface area (Å²) in [4.78, 5) is 0. The number of nitrogens with one attached hydrogen (secondary N) is 1. The number of allylic oxidation sites excluding steroid dienone is 1. The van der Waals surface area contributed by atoms with E-state index in [2.05, 4.69) is 55.2 Å². The highest BCUT2D eigenvalue weighted by atomic mass is 14.8. The molecule has 23 heavy (non-hydrogen) atoms. The molecule has 0 fully saturated rings. The molecule has 1 aromatic rings. The molecule has 1 heteroatoms. The number of rotatable bonds is 15. The first-order valence-electron chi connectivity index (χ1n) is 9.74. The number of hydrogen-bond donors (Lipinski definition) is 1. The Bertz CT molecular complexity index is 371. The molecular weight excluding hydrogens is 278 g/mol. The normalized spacial score (nSPS) is 12.2. The monoisotopic (exact) mass is 315 g/mol. The van der Waals surface area contributed by atoms with E-state index in [1.165, 1.54) is 63.4 Å². The molecule has 0 aliphatic rings. The quantitative estimate of drug-likeness (QED) is 0.302. The molecule has 1 N–H and O–H groups in total. The van der Waals surface area contributed by atoms with Crippen LogP contribution in [0.1, 0.15) is 70.3 Å². The van der Waals surface area contributed by atoms with Gasteiger partial charge in [0.1, 0.15) is 0 Å². The third kappa shape index (κ3) is 11.1. The topological polar surface area (TPSA) is 12.0 Å². The predicted molar refractivity (Wildman–Crippen MR) is 104 cm³/mol. The van der Waals surface area contributed by atoms with E-state index in [9.17, 15) is 0 Å². The van der Waals surface area contributed by atoms with Crippen LogP contribution in [0.2, 0.25) is 0 Å². The van der Waals surface area contributed by atoms with Crippen LogP contribution in [0.3, 0.4) is 0 Å². The fourth-order valence-electron chi connectivity index (χ4n) is 3.06. The van der Waals surface area contributed by atoms with E-state index < -0.39 is 0 Å². The van der Waals surface area contributed by atoms with Crippen LogP contribution in [-0.4, -0.2) is 13.1 Å². The van der Waals surface area contributed by atoms with Gasteiger partial charge >= 0.3 is 0 Å². The van der Waals surface area contributed by atoms with Crippen LogP contribution in [0, 0.1) is 5.92 Å². The van der Waals surface area contributed by atoms with Crippen LogP contribution >= 0.6 is 0 Å². The van der Waals surface area contributed by atoms with Crippen molar-refractivity contribution in [2.45, 2.75) is 71.1 Å². The van der Waals surface area contributed by atoms with Crippen molar-refractivity contribution in [3.05, 3.63) is 48.6 Å². The first-order chi connectivity index (χ1) is 11.4. The zero-order valence-corrected chi connectivity index (χ0v) is 15.2. The lowest BCUT2D eigenvalue weighted by Crippen LogP contribution is -2.19. The first-order valence-corrected chi connectivity index (χ1v) is 9.74. The summed E-state index contributed by atoms with van der Waals surface area (Å²) in [5, 5.41) is 3.57. The molecular formula is C22H37N. The Labute approximate surface area is 144 Å². The molecule has 0 aliphatic carbocycles. The van der Waals surface area contributed by atoms with Gasteiger partial charge in [0.2, 0.25) is 0 Å². The van der Waals surface area contributed by atoms with Crippen molar-refractivity contribution in [2.24, 2.45) is 5.92 Å². The van der Waals surface area contributed by atoms with Gasteiger partial charge in [0, 0.05) is 0 Å². The molecule has 1 aromatic carbocycles. The van der Waals surface area contributed by atoms with Gasteiger partial charge in [-0.2, -0.15) is 0 Å². The minimum absolute atomic E-state index is 0.720. The summed E-state index contributed by atoms with van der Waals surface area (Å²) < 4.78 is 0. The molecule has 1 rings (SSSR count). The second-order valence-corrected chi connectivity index (χ2v) is 6.68. The van der Waals surface area contributed by atoms with Gasteiger partial charge in [-0.3, -0.25) is 0 Å². The summed E-state index contributed by atoms with van der Waals surface area (Å²) in [5.74, 6) is 0.720. The number of hydrogen-bond acceptors (Lipinski definition) is 1. The van der Waals surface area contributed by atoms with Gasteiger partial charge in [-0.1, -0.05) is 81.9 Å². The smallest absolute Gasteiger partial charge is 0.000835 e. The lowest BCUT2D eigenvalue weighted by Gasteiger charge is -2.12. The first kappa shape index (κ1) is 20.0. The maximum Gasteiger partial charge on any atom is -0.000835 e. The molecule has 0 aliphatic heterocycles. The van der Waals surface area contributed by atoms with Crippen molar-refractivity contribution in [3.8, 4) is 0 Å². The SMILES string of the molecule is C=CC(CCCCCCCC)CCCNCCc1ccccc1. The Kier molecular flexibility index (Phi) is 12.6. The zero-order valence-electron chi connectivity index (χ0n) is 15.2. The van der Waals surface area contributed by atoms with Crippen LogP contribution in [-0.2, 0) is 6.42 Å². The standard InChI is InChI=1S/C22H37N/c1-3-5-6-7-8-10-14-21(4-2)17-13-19-23-20-18-22-15-11-9-12-16-22/h4,9,11-12,15-16,21,23H,2-3,5-8,10,13-14,17-20H2,1H3. The maximum absolute atomic E-state index is 4.02. The van der Waals surface area contributed by atoms with E-state index in [1.807, 2.05) is 0 Å². The Morgan fingerprint density at radius 3 is 2.35 bits per heavy atom. The van der Waals surface area contributed by atoms with Gasteiger partial charge in [0.05, 0.1) is 0 Å². The molecule has 0 heterocycles. The van der Waals surface area contributed by atoms with Gasteiger partial charge in [-0.05, 0) is 50.3 Å². The van der Waals surface area contributed by atoms with Crippen molar-refractivity contribution in [1.82, 2.24) is 5.32 Å². The third-order valence-electron chi connectivity index (χ3n) is 4.62. The van der Waals surface area contributed by atoms with E-state index in [1.54, 1.807) is 0 Å². The van der Waals surface area contributed by atoms with Crippen LogP contribution in [0.15, 0.2) is 43.0 Å². The van der Waals surface area contributed by atoms with Crippen molar-refractivity contribution in [3.63, 3.8) is 0 Å². The van der Waals surface area contributed by atoms with Crippen LogP contribution in [0.4, 0.5) is 0 Å². The van der Waals surface area contributed by atoms with Crippen LogP contribution in [0.5, 0.6) is 0 Å². The van der Waals surface area contributed by atoms with Crippen molar-refractivity contribution < 1.29 is 0 Å². The number of unbranched alkanes of at least 4 members (excludes halogenated alkanes) is 5. The largest absolute Gasteiger partial charge is 0.316 e. The molecule has 0 aromatic heterocycles. The van der Waals surface area contributed by atoms with Crippen molar-refractivity contribution in [1.29, 1.82) is 0 Å². The fourth-order valence-corrected chi connectivity index (χ4v) is 3.06. The molecule has 0 radical (unpaired) electrons. The molecule has 1 atom stereocenters. The third-order valence-corrected chi connectivity index (χ3v) is 4.62. The molecule has 0 saturated heterocycles. The Balaban J connectivity index is 1.94. The second-order valence-electron chi connectivity index (χ2n) is 6.68. The second kappa shape index (κ2) is 14.5. The fraction of sp³-hybridized carbons (Fsp3) is 0.636. The summed E-state index contributed by atoms with van der Waals surface area (Å²) in [6, 6.07) is 10.7. The minimum Gasteiger partial charge on any atom is -0.316 e. The Morgan fingerprint density at radius 1 is 0.913 bits per heavy atom. The lowest BCUT2D eigenvalue weighted by atomic mass is 9.96. The molecule has 0 amide bonds. The Hall–Kier alpha value is -1.08. The lowest BCUT2D eigenvalue weighted by molar-refractivity contribution is 0.473. The van der Waals surface area contributed by atoms with Gasteiger partial charge in [-0.15, -0.1) is 6.58 Å². The highest BCUT2D eigenvalue weighted by molar-refractivity contribution is 5.14. The highest BCUT2D eigenvalue weighted by Crippen LogP contribution is 2.17. The minimum atomic E-state index is 0.720. The number of benzene rings is 1. The molecule has 1 nitrogen and oxygen atoms in total. The van der Waals surface area contributed by atoms with E-state index in [0.29, 0.717) is 0 Å². The van der Waals surface area contributed by atoms with Crippen LogP contribution < -0.4 is 5.32 Å². The van der Waals surface area contributed by atoms with Gasteiger partial charge < -0.3 is 5.32 Å². The molecule has 0 saturated carbocycles. The summed E-state index contributed by atoms with van der Waals surface area (Å²) >= 11 is 0. The van der Waals surface area contributed by atoms with E-state index in [-0.39, 0.29) is 0 Å². The molecule has 1 unspecified atom stereocenters. The highest BCUT2D eigenvalue weighted by Gasteiger charge is 2.03. The van der Waals surface area contributed by atoms with Crippen molar-refractivity contribution in [2.75, 3.05) is 13.1 Å². The zero-order chi connectivity index (χ0) is 16.6. The summed E-state index contributed by atoms with van der Waals surface area (Å²) in [6.07, 6.45) is 15.5. The average molecular weight is 316 g/mol. The maximum atomic E-state index is 4.02. The van der Waals surface area contributed by atoms with Gasteiger partial charge in [0.15, 0.2) is 0 Å². The predicted octanol–water partition coefficient (Wildman–Crippen LogP) is 6.15. The molecule has 0 bridgehead atoms. The summed E-state index contributed by atoms with van der Waals surface area (Å²) in [5.41, 5.74) is 1.42. The Morgan fingerprint density at radius 2 is 1.61 bits per heavy atom. The summed E-state index contributed by atoms with van der Waals surface area (Å²) in [6.45, 7) is 8.52. The average Bonchev–Trinajstić information content (AvgIpc) is 2.60. The summed E-state index contributed by atoms with van der Waals surface area (Å²) in [7, 11) is 0. The van der Waals surface area contributed by atoms with E-state index >= 15 is 0 Å². The van der Waals surface area contributed by atoms with E-state index in [4.69, 9.17) is 0 Å². The molecule has 0 spiro atoms. The van der Waals surface area contributed by atoms with E-state index in [0.717, 1.165) is 25.4 Å². The van der Waals surface area contributed by atoms with Crippen molar-refractivity contribution >= 4 is 0 Å². The molecule has 130 valence electrons. The van der Waals surface area contributed by atoms with Gasteiger partial charge in [-0.25, -0.2) is 0 Å². The van der Waals surface area contributed by atoms with Gasteiger partial charge in [0.25, 0.3) is 0 Å².